The third-order valence-electron chi connectivity index (χ3n) is 2.41. The first-order valence-corrected chi connectivity index (χ1v) is 7.14. The van der Waals surface area contributed by atoms with E-state index in [1.165, 1.54) is 6.20 Å². The second kappa shape index (κ2) is 5.14. The van der Waals surface area contributed by atoms with Crippen LogP contribution in [0.1, 0.15) is 16.1 Å². The summed E-state index contributed by atoms with van der Waals surface area (Å²) < 4.78 is 31.1. The molecule has 0 unspecified atom stereocenters. The number of anilines is 1. The van der Waals surface area contributed by atoms with Gasteiger partial charge in [0.15, 0.2) is 5.15 Å². The zero-order chi connectivity index (χ0) is 14.9. The molecule has 0 aliphatic carbocycles. The van der Waals surface area contributed by atoms with Gasteiger partial charge in [-0.3, -0.25) is 4.72 Å². The van der Waals surface area contributed by atoms with E-state index in [9.17, 15) is 13.2 Å². The predicted octanol–water partition coefficient (Wildman–Crippen LogP) is 2.14. The number of nitrogens with one attached hydrogen (secondary N) is 1. The van der Waals surface area contributed by atoms with Gasteiger partial charge in [0.1, 0.15) is 0 Å². The molecule has 106 valence electrons. The van der Waals surface area contributed by atoms with Gasteiger partial charge in [0.05, 0.1) is 5.69 Å². The molecule has 0 aliphatic heterocycles. The number of halogens is 1. The SMILES string of the molecule is Cc1ccnc(Cl)c1NS(=O)(=O)c1ccc(C(=O)O)o1. The molecular weight excluding hydrogens is 308 g/mol. The van der Waals surface area contributed by atoms with Gasteiger partial charge in [0, 0.05) is 6.20 Å². The summed E-state index contributed by atoms with van der Waals surface area (Å²) in [7, 11) is -4.08. The maximum Gasteiger partial charge on any atom is 0.371 e. The van der Waals surface area contributed by atoms with Gasteiger partial charge >= 0.3 is 5.97 Å². The molecule has 0 saturated carbocycles. The molecule has 0 fully saturated rings. The molecule has 9 heteroatoms. The first kappa shape index (κ1) is 14.4. The highest BCUT2D eigenvalue weighted by Crippen LogP contribution is 2.26. The van der Waals surface area contributed by atoms with Crippen LogP contribution in [0.5, 0.6) is 0 Å². The van der Waals surface area contributed by atoms with Gasteiger partial charge in [-0.15, -0.1) is 0 Å². The highest BCUT2D eigenvalue weighted by atomic mass is 35.5. The van der Waals surface area contributed by atoms with Crippen LogP contribution in [0.2, 0.25) is 5.15 Å². The smallest absolute Gasteiger partial charge is 0.371 e. The topological polar surface area (TPSA) is 110 Å². The number of hydrogen-bond donors (Lipinski definition) is 2. The zero-order valence-corrected chi connectivity index (χ0v) is 11.7. The Hall–Kier alpha value is -2.06. The number of aromatic carboxylic acids is 1. The second-order valence-electron chi connectivity index (χ2n) is 3.82. The van der Waals surface area contributed by atoms with E-state index in [4.69, 9.17) is 21.1 Å². The Kier molecular flexibility index (Phi) is 3.69. The van der Waals surface area contributed by atoms with E-state index >= 15 is 0 Å². The molecule has 0 spiro atoms. The maximum absolute atomic E-state index is 12.1. The molecule has 0 atom stereocenters. The molecule has 0 amide bonds. The van der Waals surface area contributed by atoms with Crippen LogP contribution >= 0.6 is 11.6 Å². The molecule has 7 nitrogen and oxygen atoms in total. The molecule has 2 heterocycles. The van der Waals surface area contributed by atoms with Crippen molar-refractivity contribution in [1.82, 2.24) is 4.98 Å². The van der Waals surface area contributed by atoms with E-state index in [1.54, 1.807) is 13.0 Å². The van der Waals surface area contributed by atoms with E-state index in [0.717, 1.165) is 12.1 Å². The lowest BCUT2D eigenvalue weighted by molar-refractivity contribution is 0.0656. The Morgan fingerprint density at radius 2 is 2.10 bits per heavy atom. The number of hydrogen-bond acceptors (Lipinski definition) is 5. The van der Waals surface area contributed by atoms with Crippen LogP contribution in [-0.4, -0.2) is 24.5 Å². The van der Waals surface area contributed by atoms with Crippen LogP contribution in [0.4, 0.5) is 5.69 Å². The second-order valence-corrected chi connectivity index (χ2v) is 5.79. The van der Waals surface area contributed by atoms with Crippen LogP contribution < -0.4 is 4.72 Å². The van der Waals surface area contributed by atoms with Crippen LogP contribution in [0.3, 0.4) is 0 Å². The van der Waals surface area contributed by atoms with Crippen molar-refractivity contribution in [2.24, 2.45) is 0 Å². The summed E-state index contributed by atoms with van der Waals surface area (Å²) in [4.78, 5) is 14.4. The van der Waals surface area contributed by atoms with E-state index in [-0.39, 0.29) is 10.8 Å². The van der Waals surface area contributed by atoms with Crippen LogP contribution in [-0.2, 0) is 10.0 Å². The summed E-state index contributed by atoms with van der Waals surface area (Å²) in [6.45, 7) is 1.65. The lowest BCUT2D eigenvalue weighted by atomic mass is 10.3. The Morgan fingerprint density at radius 1 is 1.40 bits per heavy atom. The fourth-order valence-electron chi connectivity index (χ4n) is 1.41. The van der Waals surface area contributed by atoms with Crippen LogP contribution in [0.15, 0.2) is 33.9 Å². The maximum atomic E-state index is 12.1. The summed E-state index contributed by atoms with van der Waals surface area (Å²) in [5.74, 6) is -1.83. The first-order valence-electron chi connectivity index (χ1n) is 5.28. The van der Waals surface area contributed by atoms with Gasteiger partial charge in [-0.25, -0.2) is 9.78 Å². The molecule has 2 aromatic rings. The van der Waals surface area contributed by atoms with Gasteiger partial charge in [-0.2, -0.15) is 8.42 Å². The summed E-state index contributed by atoms with van der Waals surface area (Å²) in [5.41, 5.74) is 0.682. The molecule has 2 rings (SSSR count). The molecule has 0 radical (unpaired) electrons. The van der Waals surface area contributed by atoms with Crippen molar-refractivity contribution in [2.45, 2.75) is 12.0 Å². The Balaban J connectivity index is 2.38. The molecule has 0 bridgehead atoms. The number of aromatic nitrogens is 1. The van der Waals surface area contributed by atoms with Crippen molar-refractivity contribution in [3.05, 3.63) is 40.9 Å². The van der Waals surface area contributed by atoms with Crippen LogP contribution in [0.25, 0.3) is 0 Å². The average Bonchev–Trinajstić information content (AvgIpc) is 2.84. The number of rotatable bonds is 4. The molecule has 2 aromatic heterocycles. The van der Waals surface area contributed by atoms with Crippen LogP contribution in [0, 0.1) is 6.92 Å². The van der Waals surface area contributed by atoms with Crippen molar-refractivity contribution in [3.8, 4) is 0 Å². The fraction of sp³-hybridized carbons (Fsp3) is 0.0909. The van der Waals surface area contributed by atoms with Gasteiger partial charge in [0.25, 0.3) is 10.0 Å². The standard InChI is InChI=1S/C11H9ClN2O5S/c1-6-4-5-13-10(12)9(6)14-20(17,18)8-3-2-7(19-8)11(15)16/h2-5,14H,1H3,(H,15,16). The number of aryl methyl sites for hydroxylation is 1. The van der Waals surface area contributed by atoms with Crippen molar-refractivity contribution in [1.29, 1.82) is 0 Å². The minimum Gasteiger partial charge on any atom is -0.475 e. The fourth-order valence-corrected chi connectivity index (χ4v) is 2.79. The number of carboxylic acid groups (broad SMARTS) is 1. The predicted molar refractivity (Wildman–Crippen MR) is 70.5 cm³/mol. The highest BCUT2D eigenvalue weighted by molar-refractivity contribution is 7.92. The van der Waals surface area contributed by atoms with Gasteiger partial charge < -0.3 is 9.52 Å². The van der Waals surface area contributed by atoms with E-state index in [1.807, 2.05) is 0 Å². The Morgan fingerprint density at radius 3 is 2.65 bits per heavy atom. The summed E-state index contributed by atoms with van der Waals surface area (Å²) in [5, 5.41) is 8.17. The Labute approximate surface area is 119 Å². The van der Waals surface area contributed by atoms with Gasteiger partial charge in [-0.1, -0.05) is 11.6 Å². The van der Waals surface area contributed by atoms with E-state index < -0.39 is 26.8 Å². The average molecular weight is 317 g/mol. The molecule has 2 N–H and O–H groups in total. The molecule has 0 aromatic carbocycles. The van der Waals surface area contributed by atoms with Crippen molar-refractivity contribution >= 4 is 33.3 Å². The third kappa shape index (κ3) is 2.75. The van der Waals surface area contributed by atoms with Crippen molar-refractivity contribution in [3.63, 3.8) is 0 Å². The number of furan rings is 1. The monoisotopic (exact) mass is 316 g/mol. The zero-order valence-electron chi connectivity index (χ0n) is 10.1. The quantitative estimate of drug-likeness (QED) is 0.836. The largest absolute Gasteiger partial charge is 0.475 e. The molecule has 0 aliphatic rings. The van der Waals surface area contributed by atoms with E-state index in [0.29, 0.717) is 5.56 Å². The van der Waals surface area contributed by atoms with Gasteiger partial charge in [0.2, 0.25) is 10.9 Å². The molecular formula is C11H9ClN2O5S. The first-order chi connectivity index (χ1) is 9.31. The lowest BCUT2D eigenvalue weighted by Gasteiger charge is -2.09. The van der Waals surface area contributed by atoms with Gasteiger partial charge in [-0.05, 0) is 30.7 Å². The molecule has 20 heavy (non-hydrogen) atoms. The third-order valence-corrected chi connectivity index (χ3v) is 3.92. The van der Waals surface area contributed by atoms with Crippen molar-refractivity contribution in [2.75, 3.05) is 4.72 Å². The summed E-state index contributed by atoms with van der Waals surface area (Å²) >= 11 is 5.82. The molecule has 0 saturated heterocycles. The van der Waals surface area contributed by atoms with E-state index in [2.05, 4.69) is 9.71 Å². The number of carboxylic acids is 1. The highest BCUT2D eigenvalue weighted by Gasteiger charge is 2.23. The number of carbonyl (C=O) groups is 1. The Bertz CT molecular complexity index is 749. The number of sulfonamides is 1. The minimum atomic E-state index is -4.08. The minimum absolute atomic E-state index is 0.0152. The van der Waals surface area contributed by atoms with Crippen molar-refractivity contribution < 1.29 is 22.7 Å². The number of pyridine rings is 1. The summed E-state index contributed by atoms with van der Waals surface area (Å²) in [6.07, 6.45) is 1.44. The number of nitrogens with zero attached hydrogens (tertiary/aromatic N) is 1. The normalized spacial score (nSPS) is 11.3. The lowest BCUT2D eigenvalue weighted by Crippen LogP contribution is -2.13. The summed E-state index contributed by atoms with van der Waals surface area (Å²) in [6, 6.07) is 3.68.